The Morgan fingerprint density at radius 2 is 1.83 bits per heavy atom. The minimum Gasteiger partial charge on any atom is -0.363 e. The van der Waals surface area contributed by atoms with Crippen molar-refractivity contribution in [2.24, 2.45) is 0 Å². The van der Waals surface area contributed by atoms with Gasteiger partial charge >= 0.3 is 0 Å². The fourth-order valence-electron chi connectivity index (χ4n) is 3.08. The van der Waals surface area contributed by atoms with Crippen molar-refractivity contribution in [1.29, 1.82) is 0 Å². The second-order valence-electron chi connectivity index (χ2n) is 6.54. The summed E-state index contributed by atoms with van der Waals surface area (Å²) in [4.78, 5) is 15.6. The van der Waals surface area contributed by atoms with Gasteiger partial charge in [0.15, 0.2) is 0 Å². The average Bonchev–Trinajstić information content (AvgIpc) is 3.05. The highest BCUT2D eigenvalue weighted by Gasteiger charge is 2.26. The lowest BCUT2D eigenvalue weighted by atomic mass is 10.2. The van der Waals surface area contributed by atoms with Crippen molar-refractivity contribution in [3.63, 3.8) is 0 Å². The number of likely N-dealkylation sites (N-methyl/N-ethyl adjacent to an activating group) is 1. The molecule has 0 aliphatic carbocycles. The van der Waals surface area contributed by atoms with E-state index in [-0.39, 0.29) is 0 Å². The first kappa shape index (κ1) is 17.2. The lowest BCUT2D eigenvalue weighted by Crippen LogP contribution is -2.35. The third-order valence-electron chi connectivity index (χ3n) is 4.57. The molecule has 0 spiro atoms. The summed E-state index contributed by atoms with van der Waals surface area (Å²) in [6.45, 7) is 3.19. The van der Waals surface area contributed by atoms with Crippen LogP contribution in [0.25, 0.3) is 0 Å². The van der Waals surface area contributed by atoms with Gasteiger partial charge in [0.05, 0.1) is 0 Å². The molecule has 1 saturated heterocycles. The summed E-state index contributed by atoms with van der Waals surface area (Å²) in [5.74, 6) is 1.93. The van der Waals surface area contributed by atoms with E-state index < -0.39 is 0 Å². The van der Waals surface area contributed by atoms with E-state index in [0.29, 0.717) is 6.04 Å². The van der Waals surface area contributed by atoms with E-state index in [1.807, 2.05) is 19.0 Å². The summed E-state index contributed by atoms with van der Waals surface area (Å²) < 4.78 is 1.13. The quantitative estimate of drug-likeness (QED) is 0.785. The number of anilines is 2. The van der Waals surface area contributed by atoms with Crippen molar-refractivity contribution < 1.29 is 0 Å². The molecule has 0 bridgehead atoms. The fraction of sp³-hybridized carbons (Fsp3) is 0.444. The Labute approximate surface area is 152 Å². The van der Waals surface area contributed by atoms with E-state index >= 15 is 0 Å². The van der Waals surface area contributed by atoms with Crippen molar-refractivity contribution in [3.05, 3.63) is 46.7 Å². The zero-order chi connectivity index (χ0) is 17.1. The molecule has 1 aliphatic rings. The van der Waals surface area contributed by atoms with Gasteiger partial charge in [0, 0.05) is 57.4 Å². The third kappa shape index (κ3) is 4.05. The van der Waals surface area contributed by atoms with Crippen LogP contribution < -0.4 is 9.80 Å². The standard InChI is InChI=1S/C18H24BrN5/c1-22(2)17-10-18(21-13-20-17)23(3)16-8-9-24(12-16)11-14-4-6-15(19)7-5-14/h4-7,10,13,16H,8-9,11-12H2,1-3H3. The number of halogens is 1. The lowest BCUT2D eigenvalue weighted by Gasteiger charge is -2.26. The number of hydrogen-bond acceptors (Lipinski definition) is 5. The molecule has 128 valence electrons. The van der Waals surface area contributed by atoms with Crippen LogP contribution in [0.3, 0.4) is 0 Å². The Kier molecular flexibility index (Phi) is 5.36. The van der Waals surface area contributed by atoms with Crippen molar-refractivity contribution in [1.82, 2.24) is 14.9 Å². The third-order valence-corrected chi connectivity index (χ3v) is 5.10. The van der Waals surface area contributed by atoms with Gasteiger partial charge in [-0.1, -0.05) is 28.1 Å². The SMILES string of the molecule is CN(C)c1cc(N(C)C2CCN(Cc3ccc(Br)cc3)C2)ncn1. The molecule has 3 rings (SSSR count). The van der Waals surface area contributed by atoms with Crippen LogP contribution in [0.1, 0.15) is 12.0 Å². The Balaban J connectivity index is 1.62. The van der Waals surface area contributed by atoms with Crippen molar-refractivity contribution in [2.45, 2.75) is 19.0 Å². The fourth-order valence-corrected chi connectivity index (χ4v) is 3.35. The van der Waals surface area contributed by atoms with Gasteiger partial charge in [0.2, 0.25) is 0 Å². The molecule has 5 nitrogen and oxygen atoms in total. The van der Waals surface area contributed by atoms with E-state index in [4.69, 9.17) is 0 Å². The van der Waals surface area contributed by atoms with Crippen LogP contribution in [-0.4, -0.2) is 55.1 Å². The predicted molar refractivity (Wildman–Crippen MR) is 103 cm³/mol. The molecule has 1 aromatic heterocycles. The zero-order valence-corrected chi connectivity index (χ0v) is 16.1. The molecule has 0 saturated carbocycles. The smallest absolute Gasteiger partial charge is 0.134 e. The molecule has 24 heavy (non-hydrogen) atoms. The highest BCUT2D eigenvalue weighted by Crippen LogP contribution is 2.23. The maximum atomic E-state index is 4.45. The van der Waals surface area contributed by atoms with Gasteiger partial charge < -0.3 is 9.80 Å². The van der Waals surface area contributed by atoms with Crippen molar-refractivity contribution in [3.8, 4) is 0 Å². The Hall–Kier alpha value is -1.66. The van der Waals surface area contributed by atoms with E-state index in [1.54, 1.807) is 6.33 Å². The number of rotatable bonds is 5. The van der Waals surface area contributed by atoms with Gasteiger partial charge in [-0.05, 0) is 24.1 Å². The topological polar surface area (TPSA) is 35.5 Å². The monoisotopic (exact) mass is 389 g/mol. The van der Waals surface area contributed by atoms with Crippen LogP contribution in [0.4, 0.5) is 11.6 Å². The molecule has 1 aromatic carbocycles. The molecule has 6 heteroatoms. The van der Waals surface area contributed by atoms with Crippen LogP contribution in [0.2, 0.25) is 0 Å². The normalized spacial score (nSPS) is 17.9. The van der Waals surface area contributed by atoms with Gasteiger partial charge in [-0.2, -0.15) is 0 Å². The molecule has 0 amide bonds. The largest absolute Gasteiger partial charge is 0.363 e. The molecule has 0 radical (unpaired) electrons. The van der Waals surface area contributed by atoms with Crippen LogP contribution in [0.5, 0.6) is 0 Å². The number of hydrogen-bond donors (Lipinski definition) is 0. The lowest BCUT2D eigenvalue weighted by molar-refractivity contribution is 0.326. The summed E-state index contributed by atoms with van der Waals surface area (Å²) in [6, 6.07) is 11.1. The van der Waals surface area contributed by atoms with Gasteiger partial charge in [-0.15, -0.1) is 0 Å². The first-order valence-electron chi connectivity index (χ1n) is 8.22. The van der Waals surface area contributed by atoms with Gasteiger partial charge in [-0.25, -0.2) is 9.97 Å². The summed E-state index contributed by atoms with van der Waals surface area (Å²) in [5, 5.41) is 0. The van der Waals surface area contributed by atoms with Gasteiger partial charge in [0.25, 0.3) is 0 Å². The maximum absolute atomic E-state index is 4.45. The second kappa shape index (κ2) is 7.49. The average molecular weight is 390 g/mol. The summed E-state index contributed by atoms with van der Waals surface area (Å²) in [6.07, 6.45) is 2.81. The predicted octanol–water partition coefficient (Wildman–Crippen LogP) is 3.02. The van der Waals surface area contributed by atoms with E-state index in [9.17, 15) is 0 Å². The molecular weight excluding hydrogens is 366 g/mol. The number of benzene rings is 1. The van der Waals surface area contributed by atoms with Gasteiger partial charge in [0.1, 0.15) is 18.0 Å². The number of nitrogens with zero attached hydrogens (tertiary/aromatic N) is 5. The molecule has 2 aromatic rings. The summed E-state index contributed by atoms with van der Waals surface area (Å²) in [5.41, 5.74) is 1.36. The van der Waals surface area contributed by atoms with Crippen molar-refractivity contribution >= 4 is 27.6 Å². The molecule has 0 N–H and O–H groups in total. The van der Waals surface area contributed by atoms with Crippen LogP contribution >= 0.6 is 15.9 Å². The van der Waals surface area contributed by atoms with E-state index in [1.165, 1.54) is 5.56 Å². The zero-order valence-electron chi connectivity index (χ0n) is 14.5. The first-order valence-corrected chi connectivity index (χ1v) is 9.01. The van der Waals surface area contributed by atoms with E-state index in [2.05, 4.69) is 73.1 Å². The second-order valence-corrected chi connectivity index (χ2v) is 7.46. The van der Waals surface area contributed by atoms with Crippen LogP contribution in [0.15, 0.2) is 41.1 Å². The Morgan fingerprint density at radius 1 is 1.12 bits per heavy atom. The van der Waals surface area contributed by atoms with Crippen molar-refractivity contribution in [2.75, 3.05) is 44.0 Å². The minimum absolute atomic E-state index is 0.491. The molecule has 2 heterocycles. The first-order chi connectivity index (χ1) is 11.5. The molecular formula is C18H24BrN5. The summed E-state index contributed by atoms with van der Waals surface area (Å²) in [7, 11) is 6.14. The maximum Gasteiger partial charge on any atom is 0.134 e. The minimum atomic E-state index is 0.491. The number of aromatic nitrogens is 2. The summed E-state index contributed by atoms with van der Waals surface area (Å²) >= 11 is 3.49. The van der Waals surface area contributed by atoms with Crippen LogP contribution in [-0.2, 0) is 6.54 Å². The molecule has 1 unspecified atom stereocenters. The highest BCUT2D eigenvalue weighted by atomic mass is 79.9. The van der Waals surface area contributed by atoms with Crippen LogP contribution in [0, 0.1) is 0 Å². The Morgan fingerprint density at radius 3 is 2.54 bits per heavy atom. The molecule has 1 aliphatic heterocycles. The highest BCUT2D eigenvalue weighted by molar-refractivity contribution is 9.10. The van der Waals surface area contributed by atoms with Gasteiger partial charge in [-0.3, -0.25) is 4.90 Å². The number of likely N-dealkylation sites (tertiary alicyclic amines) is 1. The Bertz CT molecular complexity index is 673. The molecule has 1 fully saturated rings. The molecule has 1 atom stereocenters. The van der Waals surface area contributed by atoms with E-state index in [0.717, 1.165) is 42.2 Å².